The normalized spacial score (nSPS) is 11.5. The van der Waals surface area contributed by atoms with Crippen molar-refractivity contribution >= 4 is 23.1 Å². The second-order valence-corrected chi connectivity index (χ2v) is 6.52. The molecule has 0 bridgehead atoms. The fourth-order valence-corrected chi connectivity index (χ4v) is 2.93. The molecule has 12 nitrogen and oxygen atoms in total. The van der Waals surface area contributed by atoms with E-state index >= 15 is 0 Å². The molecule has 31 heavy (non-hydrogen) atoms. The predicted octanol–water partition coefficient (Wildman–Crippen LogP) is 3.79. The van der Waals surface area contributed by atoms with Crippen molar-refractivity contribution in [3.8, 4) is 11.5 Å². The molecule has 160 valence electrons. The van der Waals surface area contributed by atoms with E-state index in [-0.39, 0.29) is 22.9 Å². The number of carbonyl (C=O) groups is 1. The van der Waals surface area contributed by atoms with Gasteiger partial charge in [-0.3, -0.25) is 19.9 Å². The van der Waals surface area contributed by atoms with Crippen LogP contribution in [0.3, 0.4) is 0 Å². The molecule has 3 aromatic rings. The minimum absolute atomic E-state index is 0.135. The van der Waals surface area contributed by atoms with Gasteiger partial charge < -0.3 is 20.2 Å². The molecule has 1 amide bonds. The molecular formula is C19H18N6O6. The Morgan fingerprint density at radius 1 is 1.19 bits per heavy atom. The van der Waals surface area contributed by atoms with Crippen LogP contribution >= 0.6 is 0 Å². The van der Waals surface area contributed by atoms with Gasteiger partial charge in [0.15, 0.2) is 6.04 Å². The van der Waals surface area contributed by atoms with Crippen LogP contribution in [0.2, 0.25) is 0 Å². The standard InChI is InChI=1S/C19H18N6O6/c1-3-17(23-12(2)7-18(22-23)25(29)30)19(26)21-13-8-14(24(27)28)10-16(9-13)31-15-5-4-6-20-11-15/h4-11,17H,3H2,1-2H3,(H,21,26). The van der Waals surface area contributed by atoms with Gasteiger partial charge in [0, 0.05) is 18.3 Å². The lowest BCUT2D eigenvalue weighted by molar-refractivity contribution is -0.389. The van der Waals surface area contributed by atoms with Gasteiger partial charge in [-0.1, -0.05) is 6.92 Å². The molecule has 0 aliphatic carbocycles. The van der Waals surface area contributed by atoms with Crippen molar-refractivity contribution in [3.05, 3.63) is 74.7 Å². The lowest BCUT2D eigenvalue weighted by Crippen LogP contribution is -2.27. The Kier molecular flexibility index (Phi) is 6.19. The van der Waals surface area contributed by atoms with Gasteiger partial charge in [0.1, 0.15) is 11.5 Å². The summed E-state index contributed by atoms with van der Waals surface area (Å²) in [7, 11) is 0. The first-order valence-corrected chi connectivity index (χ1v) is 9.17. The van der Waals surface area contributed by atoms with Crippen LogP contribution in [0.4, 0.5) is 17.2 Å². The molecule has 2 heterocycles. The number of aromatic nitrogens is 3. The number of anilines is 1. The average molecular weight is 426 g/mol. The monoisotopic (exact) mass is 426 g/mol. The van der Waals surface area contributed by atoms with E-state index in [4.69, 9.17) is 4.74 Å². The second kappa shape index (κ2) is 8.98. The van der Waals surface area contributed by atoms with Gasteiger partial charge in [0.25, 0.3) is 11.6 Å². The van der Waals surface area contributed by atoms with E-state index in [1.165, 1.54) is 35.1 Å². The molecule has 3 rings (SSSR count). The molecule has 0 aliphatic heterocycles. The summed E-state index contributed by atoms with van der Waals surface area (Å²) < 4.78 is 6.86. The topological polar surface area (TPSA) is 155 Å². The van der Waals surface area contributed by atoms with Gasteiger partial charge in [-0.25, -0.2) is 0 Å². The minimum Gasteiger partial charge on any atom is -0.455 e. The smallest absolute Gasteiger partial charge is 0.390 e. The van der Waals surface area contributed by atoms with Crippen LogP contribution in [-0.2, 0) is 4.79 Å². The first-order chi connectivity index (χ1) is 14.8. The number of pyridine rings is 1. The summed E-state index contributed by atoms with van der Waals surface area (Å²) in [5.74, 6) is -0.398. The Morgan fingerprint density at radius 2 is 1.97 bits per heavy atom. The second-order valence-electron chi connectivity index (χ2n) is 6.52. The van der Waals surface area contributed by atoms with E-state index < -0.39 is 21.8 Å². The number of nitro groups is 2. The number of ether oxygens (including phenoxy) is 1. The summed E-state index contributed by atoms with van der Waals surface area (Å²) >= 11 is 0. The molecule has 0 fully saturated rings. The zero-order chi connectivity index (χ0) is 22.5. The third-order valence-electron chi connectivity index (χ3n) is 4.32. The highest BCUT2D eigenvalue weighted by molar-refractivity contribution is 5.94. The number of hydrogen-bond acceptors (Lipinski definition) is 8. The lowest BCUT2D eigenvalue weighted by Gasteiger charge is -2.15. The molecule has 0 saturated carbocycles. The number of carbonyl (C=O) groups excluding carboxylic acids is 1. The van der Waals surface area contributed by atoms with Gasteiger partial charge in [-0.15, -0.1) is 0 Å². The molecule has 1 unspecified atom stereocenters. The molecular weight excluding hydrogens is 408 g/mol. The van der Waals surface area contributed by atoms with Gasteiger partial charge in [-0.2, -0.15) is 4.68 Å². The van der Waals surface area contributed by atoms with Crippen molar-refractivity contribution in [3.63, 3.8) is 0 Å². The van der Waals surface area contributed by atoms with Crippen LogP contribution in [0.25, 0.3) is 0 Å². The number of amides is 1. The fourth-order valence-electron chi connectivity index (χ4n) is 2.93. The van der Waals surface area contributed by atoms with Gasteiger partial charge in [-0.05, 0) is 30.4 Å². The van der Waals surface area contributed by atoms with E-state index in [0.717, 1.165) is 0 Å². The van der Waals surface area contributed by atoms with Crippen molar-refractivity contribution in [2.24, 2.45) is 0 Å². The van der Waals surface area contributed by atoms with Crippen LogP contribution in [0.1, 0.15) is 25.1 Å². The number of rotatable bonds is 8. The SMILES string of the molecule is CCC(C(=O)Nc1cc(Oc2cccnc2)cc([N+](=O)[O-])c1)n1nc([N+](=O)[O-])cc1C. The van der Waals surface area contributed by atoms with Crippen LogP contribution < -0.4 is 10.1 Å². The summed E-state index contributed by atoms with van der Waals surface area (Å²) in [4.78, 5) is 37.8. The molecule has 0 aliphatic rings. The molecule has 1 N–H and O–H groups in total. The fraction of sp³-hybridized carbons (Fsp3) is 0.211. The summed E-state index contributed by atoms with van der Waals surface area (Å²) in [6.07, 6.45) is 3.29. The average Bonchev–Trinajstić information content (AvgIpc) is 3.11. The molecule has 0 radical (unpaired) electrons. The lowest BCUT2D eigenvalue weighted by atomic mass is 10.2. The van der Waals surface area contributed by atoms with Crippen LogP contribution in [-0.4, -0.2) is 30.5 Å². The summed E-state index contributed by atoms with van der Waals surface area (Å²) in [5.41, 5.74) is 0.292. The zero-order valence-electron chi connectivity index (χ0n) is 16.6. The summed E-state index contributed by atoms with van der Waals surface area (Å²) in [5, 5.41) is 28.8. The van der Waals surface area contributed by atoms with E-state index in [1.54, 1.807) is 32.2 Å². The Labute approximate surface area is 175 Å². The molecule has 1 atom stereocenters. The number of nitrogens with one attached hydrogen (secondary N) is 1. The van der Waals surface area contributed by atoms with Crippen molar-refractivity contribution in [1.82, 2.24) is 14.8 Å². The third-order valence-corrected chi connectivity index (χ3v) is 4.32. The highest BCUT2D eigenvalue weighted by atomic mass is 16.6. The maximum absolute atomic E-state index is 12.9. The molecule has 0 spiro atoms. The largest absolute Gasteiger partial charge is 0.455 e. The number of aryl methyl sites for hydroxylation is 1. The molecule has 2 aromatic heterocycles. The molecule has 0 saturated heterocycles. The van der Waals surface area contributed by atoms with Gasteiger partial charge >= 0.3 is 5.82 Å². The quantitative estimate of drug-likeness (QED) is 0.421. The van der Waals surface area contributed by atoms with E-state index in [1.807, 2.05) is 0 Å². The number of non-ortho nitro benzene ring substituents is 1. The molecule has 12 heteroatoms. The summed E-state index contributed by atoms with van der Waals surface area (Å²) in [6.45, 7) is 3.32. The number of nitro benzene ring substituents is 1. The number of nitrogens with zero attached hydrogens (tertiary/aromatic N) is 5. The van der Waals surface area contributed by atoms with E-state index in [0.29, 0.717) is 17.9 Å². The van der Waals surface area contributed by atoms with E-state index in [2.05, 4.69) is 15.4 Å². The first-order valence-electron chi connectivity index (χ1n) is 9.17. The number of hydrogen-bond donors (Lipinski definition) is 1. The van der Waals surface area contributed by atoms with Crippen molar-refractivity contribution in [1.29, 1.82) is 0 Å². The van der Waals surface area contributed by atoms with Gasteiger partial charge in [0.2, 0.25) is 0 Å². The van der Waals surface area contributed by atoms with Crippen LogP contribution in [0.5, 0.6) is 11.5 Å². The Bertz CT molecular complexity index is 1130. The number of benzene rings is 1. The highest BCUT2D eigenvalue weighted by Crippen LogP contribution is 2.30. The van der Waals surface area contributed by atoms with Crippen LogP contribution in [0, 0.1) is 27.2 Å². The predicted molar refractivity (Wildman–Crippen MR) is 109 cm³/mol. The zero-order valence-corrected chi connectivity index (χ0v) is 16.6. The Hall–Kier alpha value is -4.35. The Balaban J connectivity index is 1.88. The van der Waals surface area contributed by atoms with Crippen molar-refractivity contribution in [2.45, 2.75) is 26.3 Å². The van der Waals surface area contributed by atoms with Crippen LogP contribution in [0.15, 0.2) is 48.8 Å². The minimum atomic E-state index is -0.851. The maximum atomic E-state index is 12.9. The van der Waals surface area contributed by atoms with Gasteiger partial charge in [0.05, 0.1) is 39.7 Å². The third kappa shape index (κ3) is 4.98. The Morgan fingerprint density at radius 3 is 2.55 bits per heavy atom. The molecule has 1 aromatic carbocycles. The van der Waals surface area contributed by atoms with E-state index in [9.17, 15) is 25.0 Å². The van der Waals surface area contributed by atoms with Crippen molar-refractivity contribution < 1.29 is 19.4 Å². The summed E-state index contributed by atoms with van der Waals surface area (Å²) in [6, 6.07) is 7.54. The first kappa shape index (κ1) is 21.4. The highest BCUT2D eigenvalue weighted by Gasteiger charge is 2.27. The van der Waals surface area contributed by atoms with Crippen molar-refractivity contribution in [2.75, 3.05) is 5.32 Å². The maximum Gasteiger partial charge on any atom is 0.390 e.